The Labute approximate surface area is 116 Å². The molecule has 2 rings (SSSR count). The summed E-state index contributed by atoms with van der Waals surface area (Å²) in [4.78, 5) is 2.16. The maximum Gasteiger partial charge on any atom is 0.146 e. The second kappa shape index (κ2) is 6.38. The number of benzene rings is 1. The molecule has 0 aromatic heterocycles. The zero-order valence-electron chi connectivity index (χ0n) is 12.2. The van der Waals surface area contributed by atoms with Gasteiger partial charge in [0.25, 0.3) is 0 Å². The summed E-state index contributed by atoms with van der Waals surface area (Å²) in [6.45, 7) is 2.08. The van der Waals surface area contributed by atoms with Crippen LogP contribution in [0.3, 0.4) is 0 Å². The summed E-state index contributed by atoms with van der Waals surface area (Å²) in [6, 6.07) is 6.04. The summed E-state index contributed by atoms with van der Waals surface area (Å²) < 4.78 is 14.3. The summed E-state index contributed by atoms with van der Waals surface area (Å²) in [5.74, 6) is -0.104. The van der Waals surface area contributed by atoms with E-state index in [2.05, 4.69) is 17.1 Å². The third-order valence-corrected chi connectivity index (χ3v) is 4.39. The van der Waals surface area contributed by atoms with Gasteiger partial charge >= 0.3 is 0 Å². The number of nitrogens with one attached hydrogen (secondary N) is 1. The molecule has 0 spiro atoms. The molecular formula is C16H25FN2. The molecule has 1 atom stereocenters. The molecule has 19 heavy (non-hydrogen) atoms. The van der Waals surface area contributed by atoms with Crippen LogP contribution in [-0.4, -0.2) is 20.1 Å². The Morgan fingerprint density at radius 3 is 2.58 bits per heavy atom. The quantitative estimate of drug-likeness (QED) is 0.888. The van der Waals surface area contributed by atoms with Gasteiger partial charge in [-0.15, -0.1) is 0 Å². The summed E-state index contributed by atoms with van der Waals surface area (Å²) in [7, 11) is 3.96. The molecule has 106 valence electrons. The van der Waals surface area contributed by atoms with Crippen molar-refractivity contribution in [3.63, 3.8) is 0 Å². The molecule has 0 heterocycles. The molecule has 0 bridgehead atoms. The Hall–Kier alpha value is -1.09. The van der Waals surface area contributed by atoms with Gasteiger partial charge in [0.1, 0.15) is 5.82 Å². The molecular weight excluding hydrogens is 239 g/mol. The molecule has 0 aliphatic heterocycles. The van der Waals surface area contributed by atoms with E-state index in [1.165, 1.54) is 32.1 Å². The van der Waals surface area contributed by atoms with E-state index in [9.17, 15) is 4.39 Å². The van der Waals surface area contributed by atoms with Crippen molar-refractivity contribution in [2.24, 2.45) is 0 Å². The molecule has 2 nitrogen and oxygen atoms in total. The van der Waals surface area contributed by atoms with E-state index in [1.54, 1.807) is 12.1 Å². The van der Waals surface area contributed by atoms with Crippen LogP contribution in [0, 0.1) is 5.82 Å². The zero-order valence-corrected chi connectivity index (χ0v) is 12.2. The highest BCUT2D eigenvalue weighted by Gasteiger charge is 2.23. The van der Waals surface area contributed by atoms with Crippen LogP contribution in [0.1, 0.15) is 50.6 Å². The largest absolute Gasteiger partial charge is 0.369 e. The van der Waals surface area contributed by atoms with Crippen molar-refractivity contribution in [3.8, 4) is 0 Å². The fourth-order valence-electron chi connectivity index (χ4n) is 3.06. The number of anilines is 1. The molecule has 0 radical (unpaired) electrons. The van der Waals surface area contributed by atoms with Crippen molar-refractivity contribution < 1.29 is 4.39 Å². The van der Waals surface area contributed by atoms with Crippen molar-refractivity contribution in [2.75, 3.05) is 19.0 Å². The zero-order chi connectivity index (χ0) is 13.8. The minimum Gasteiger partial charge on any atom is -0.369 e. The molecule has 1 unspecified atom stereocenters. The molecule has 1 aromatic rings. The van der Waals surface area contributed by atoms with E-state index in [4.69, 9.17) is 0 Å². The van der Waals surface area contributed by atoms with Crippen LogP contribution in [0.25, 0.3) is 0 Å². The van der Waals surface area contributed by atoms with Gasteiger partial charge in [-0.05, 0) is 38.4 Å². The first-order valence-electron chi connectivity index (χ1n) is 7.33. The van der Waals surface area contributed by atoms with Crippen molar-refractivity contribution >= 4 is 5.69 Å². The molecule has 0 saturated heterocycles. The number of halogens is 1. The lowest BCUT2D eigenvalue weighted by Gasteiger charge is -2.35. The summed E-state index contributed by atoms with van der Waals surface area (Å²) >= 11 is 0. The van der Waals surface area contributed by atoms with E-state index in [1.807, 2.05) is 20.2 Å². The average molecular weight is 264 g/mol. The molecule has 1 aliphatic carbocycles. The highest BCUT2D eigenvalue weighted by atomic mass is 19.1. The van der Waals surface area contributed by atoms with Gasteiger partial charge in [-0.2, -0.15) is 0 Å². The van der Waals surface area contributed by atoms with Gasteiger partial charge in [0.05, 0.1) is 5.69 Å². The first-order chi connectivity index (χ1) is 9.15. The molecule has 1 aliphatic rings. The van der Waals surface area contributed by atoms with Crippen molar-refractivity contribution in [1.29, 1.82) is 0 Å². The predicted octanol–water partition coefficient (Wildman–Crippen LogP) is 3.88. The smallest absolute Gasteiger partial charge is 0.146 e. The van der Waals surface area contributed by atoms with Gasteiger partial charge < -0.3 is 10.2 Å². The van der Waals surface area contributed by atoms with E-state index < -0.39 is 0 Å². The monoisotopic (exact) mass is 264 g/mol. The summed E-state index contributed by atoms with van der Waals surface area (Å²) in [5.41, 5.74) is 1.83. The Balaban J connectivity index is 2.31. The van der Waals surface area contributed by atoms with E-state index in [0.29, 0.717) is 6.04 Å². The van der Waals surface area contributed by atoms with E-state index >= 15 is 0 Å². The molecule has 1 N–H and O–H groups in total. The Bertz CT molecular complexity index is 413. The minimum absolute atomic E-state index is 0.104. The fraction of sp³-hybridized carbons (Fsp3) is 0.625. The van der Waals surface area contributed by atoms with E-state index in [0.717, 1.165) is 11.3 Å². The summed E-state index contributed by atoms with van der Waals surface area (Å²) in [6.07, 6.45) is 6.21. The van der Waals surface area contributed by atoms with Crippen LogP contribution in [0.4, 0.5) is 10.1 Å². The van der Waals surface area contributed by atoms with Crippen LogP contribution in [0.5, 0.6) is 0 Å². The highest BCUT2D eigenvalue weighted by molar-refractivity contribution is 5.56. The lowest BCUT2D eigenvalue weighted by Crippen LogP contribution is -2.35. The number of para-hydroxylation sites is 1. The third kappa shape index (κ3) is 3.08. The van der Waals surface area contributed by atoms with Crippen molar-refractivity contribution in [3.05, 3.63) is 29.6 Å². The average Bonchev–Trinajstić information content (AvgIpc) is 2.46. The van der Waals surface area contributed by atoms with Gasteiger partial charge in [-0.3, -0.25) is 0 Å². The lowest BCUT2D eigenvalue weighted by atomic mass is 9.93. The van der Waals surface area contributed by atoms with Crippen molar-refractivity contribution in [2.45, 2.75) is 51.1 Å². The standard InChI is InChI=1S/C16H25FN2/c1-12(18-2)14-10-7-11-15(17)16(14)19(3)13-8-5-4-6-9-13/h7,10-13,18H,4-6,8-9H2,1-3H3. The lowest BCUT2D eigenvalue weighted by molar-refractivity contribution is 0.423. The number of nitrogens with zero attached hydrogens (tertiary/aromatic N) is 1. The number of hydrogen-bond donors (Lipinski definition) is 1. The Kier molecular flexibility index (Phi) is 4.81. The predicted molar refractivity (Wildman–Crippen MR) is 79.2 cm³/mol. The topological polar surface area (TPSA) is 15.3 Å². The normalized spacial score (nSPS) is 18.3. The van der Waals surface area contributed by atoms with Gasteiger partial charge in [0, 0.05) is 19.1 Å². The van der Waals surface area contributed by atoms with Crippen LogP contribution in [0.2, 0.25) is 0 Å². The highest BCUT2D eigenvalue weighted by Crippen LogP contribution is 2.33. The fourth-order valence-corrected chi connectivity index (χ4v) is 3.06. The second-order valence-corrected chi connectivity index (χ2v) is 5.59. The first kappa shape index (κ1) is 14.3. The van der Waals surface area contributed by atoms with Crippen molar-refractivity contribution in [1.82, 2.24) is 5.32 Å². The van der Waals surface area contributed by atoms with Crippen LogP contribution in [0.15, 0.2) is 18.2 Å². The second-order valence-electron chi connectivity index (χ2n) is 5.59. The van der Waals surface area contributed by atoms with Gasteiger partial charge in [0.2, 0.25) is 0 Å². The number of rotatable bonds is 4. The first-order valence-corrected chi connectivity index (χ1v) is 7.33. The SMILES string of the molecule is CNC(C)c1cccc(F)c1N(C)C1CCCCC1. The van der Waals surface area contributed by atoms with Gasteiger partial charge in [-0.25, -0.2) is 4.39 Å². The maximum atomic E-state index is 14.3. The van der Waals surface area contributed by atoms with E-state index in [-0.39, 0.29) is 11.9 Å². The number of hydrogen-bond acceptors (Lipinski definition) is 2. The molecule has 0 amide bonds. The summed E-state index contributed by atoms with van der Waals surface area (Å²) in [5, 5.41) is 3.21. The van der Waals surface area contributed by atoms with Crippen LogP contribution in [-0.2, 0) is 0 Å². The Morgan fingerprint density at radius 2 is 1.95 bits per heavy atom. The molecule has 3 heteroatoms. The van der Waals surface area contributed by atoms with Gasteiger partial charge in [-0.1, -0.05) is 31.4 Å². The molecule has 1 aromatic carbocycles. The molecule has 1 saturated carbocycles. The van der Waals surface area contributed by atoms with Gasteiger partial charge in [0.15, 0.2) is 0 Å². The van der Waals surface area contributed by atoms with Crippen LogP contribution >= 0.6 is 0 Å². The minimum atomic E-state index is -0.104. The van der Waals surface area contributed by atoms with Crippen LogP contribution < -0.4 is 10.2 Å². The maximum absolute atomic E-state index is 14.3. The third-order valence-electron chi connectivity index (χ3n) is 4.39. The Morgan fingerprint density at radius 1 is 1.26 bits per heavy atom. The molecule has 1 fully saturated rings.